The van der Waals surface area contributed by atoms with Crippen molar-refractivity contribution in [3.8, 4) is 11.5 Å². The minimum Gasteiger partial charge on any atom is -0.486 e. The van der Waals surface area contributed by atoms with Crippen LogP contribution in [0.1, 0.15) is 5.56 Å². The molecule has 19 heavy (non-hydrogen) atoms. The molecule has 0 spiro atoms. The molecule has 0 aliphatic carbocycles. The molecule has 1 aliphatic rings. The first kappa shape index (κ1) is 13.2. The molecule has 0 bridgehead atoms. The highest BCUT2D eigenvalue weighted by Gasteiger charge is 2.15. The van der Waals surface area contributed by atoms with Crippen LogP contribution in [0.5, 0.6) is 11.5 Å². The van der Waals surface area contributed by atoms with Crippen LogP contribution >= 0.6 is 0 Å². The van der Waals surface area contributed by atoms with E-state index in [1.54, 1.807) is 7.05 Å². The van der Waals surface area contributed by atoms with Gasteiger partial charge in [0, 0.05) is 13.6 Å². The number of rotatable bonds is 3. The average Bonchev–Trinajstić information content (AvgIpc) is 2.43. The third-order valence-corrected chi connectivity index (χ3v) is 2.90. The molecule has 0 radical (unpaired) electrons. The van der Waals surface area contributed by atoms with Crippen LogP contribution in [0.15, 0.2) is 18.2 Å². The van der Waals surface area contributed by atoms with Gasteiger partial charge in [-0.3, -0.25) is 9.59 Å². The molecule has 0 unspecified atom stereocenters. The Morgan fingerprint density at radius 1 is 1.26 bits per heavy atom. The van der Waals surface area contributed by atoms with Gasteiger partial charge < -0.3 is 20.1 Å². The van der Waals surface area contributed by atoms with E-state index in [2.05, 4.69) is 0 Å². The third-order valence-electron chi connectivity index (χ3n) is 2.90. The van der Waals surface area contributed by atoms with Crippen molar-refractivity contribution in [3.63, 3.8) is 0 Å². The lowest BCUT2D eigenvalue weighted by Crippen LogP contribution is -2.38. The van der Waals surface area contributed by atoms with Gasteiger partial charge in [-0.2, -0.15) is 0 Å². The van der Waals surface area contributed by atoms with E-state index < -0.39 is 11.8 Å². The van der Waals surface area contributed by atoms with Crippen molar-refractivity contribution in [3.05, 3.63) is 23.8 Å². The molecule has 2 rings (SSSR count). The standard InChI is InChI=1S/C13H16N2O4/c1-15(13(17)12(14)16)5-4-9-2-3-10-11(8-9)19-7-6-18-10/h2-3,8H,4-7H2,1H3,(H2,14,16). The lowest BCUT2D eigenvalue weighted by molar-refractivity contribution is -0.143. The van der Waals surface area contributed by atoms with E-state index in [9.17, 15) is 9.59 Å². The molecular weight excluding hydrogens is 248 g/mol. The Labute approximate surface area is 111 Å². The zero-order valence-corrected chi connectivity index (χ0v) is 10.7. The number of benzene rings is 1. The maximum atomic E-state index is 11.3. The molecule has 0 saturated carbocycles. The van der Waals surface area contributed by atoms with E-state index in [0.717, 1.165) is 11.3 Å². The molecule has 0 atom stereocenters. The summed E-state index contributed by atoms with van der Waals surface area (Å²) in [6, 6.07) is 5.65. The number of carbonyl (C=O) groups is 2. The number of ether oxygens (including phenoxy) is 2. The van der Waals surface area contributed by atoms with Crippen molar-refractivity contribution in [1.82, 2.24) is 4.90 Å². The summed E-state index contributed by atoms with van der Waals surface area (Å²) in [4.78, 5) is 23.3. The molecule has 0 aromatic heterocycles. The summed E-state index contributed by atoms with van der Waals surface area (Å²) in [6.07, 6.45) is 0.617. The first-order valence-corrected chi connectivity index (χ1v) is 6.01. The van der Waals surface area contributed by atoms with Crippen LogP contribution in [0.25, 0.3) is 0 Å². The Kier molecular flexibility index (Phi) is 3.89. The van der Waals surface area contributed by atoms with Crippen molar-refractivity contribution in [1.29, 1.82) is 0 Å². The van der Waals surface area contributed by atoms with E-state index >= 15 is 0 Å². The highest BCUT2D eigenvalue weighted by molar-refractivity contribution is 6.34. The van der Waals surface area contributed by atoms with Crippen molar-refractivity contribution in [2.24, 2.45) is 5.73 Å². The first-order chi connectivity index (χ1) is 9.08. The minimum absolute atomic E-state index is 0.418. The van der Waals surface area contributed by atoms with Gasteiger partial charge in [-0.05, 0) is 24.1 Å². The lowest BCUT2D eigenvalue weighted by atomic mass is 10.1. The maximum Gasteiger partial charge on any atom is 0.311 e. The van der Waals surface area contributed by atoms with Gasteiger partial charge in [0.05, 0.1) is 0 Å². The number of carbonyl (C=O) groups excluding carboxylic acids is 2. The van der Waals surface area contributed by atoms with E-state index in [-0.39, 0.29) is 0 Å². The SMILES string of the molecule is CN(CCc1ccc2c(c1)OCCO2)C(=O)C(N)=O. The normalized spacial score (nSPS) is 12.9. The third kappa shape index (κ3) is 3.15. The fourth-order valence-corrected chi connectivity index (χ4v) is 1.83. The predicted octanol–water partition coefficient (Wildman–Crippen LogP) is -0.0560. The maximum absolute atomic E-state index is 11.3. The van der Waals surface area contributed by atoms with Gasteiger partial charge in [0.2, 0.25) is 0 Å². The Bertz CT molecular complexity index is 501. The van der Waals surface area contributed by atoms with Crippen molar-refractivity contribution >= 4 is 11.8 Å². The van der Waals surface area contributed by atoms with Gasteiger partial charge in [0.25, 0.3) is 0 Å². The Morgan fingerprint density at radius 2 is 1.95 bits per heavy atom. The summed E-state index contributed by atoms with van der Waals surface area (Å²) >= 11 is 0. The highest BCUT2D eigenvalue weighted by atomic mass is 16.6. The van der Waals surface area contributed by atoms with E-state index in [4.69, 9.17) is 15.2 Å². The van der Waals surface area contributed by atoms with Gasteiger partial charge in [-0.1, -0.05) is 6.07 Å². The van der Waals surface area contributed by atoms with Crippen molar-refractivity contribution < 1.29 is 19.1 Å². The topological polar surface area (TPSA) is 81.9 Å². The average molecular weight is 264 g/mol. The second-order valence-electron chi connectivity index (χ2n) is 4.32. The van der Waals surface area contributed by atoms with Crippen LogP contribution in [0.2, 0.25) is 0 Å². The number of likely N-dealkylation sites (N-methyl/N-ethyl adjacent to an activating group) is 1. The molecule has 1 aliphatic heterocycles. The van der Waals surface area contributed by atoms with E-state index in [1.807, 2.05) is 18.2 Å². The molecule has 1 aromatic rings. The van der Waals surface area contributed by atoms with Crippen LogP contribution in [0.3, 0.4) is 0 Å². The van der Waals surface area contributed by atoms with E-state index in [1.165, 1.54) is 4.90 Å². The zero-order valence-electron chi connectivity index (χ0n) is 10.7. The molecule has 0 saturated heterocycles. The Balaban J connectivity index is 1.96. The van der Waals surface area contributed by atoms with Crippen LogP contribution < -0.4 is 15.2 Å². The summed E-state index contributed by atoms with van der Waals surface area (Å²) < 4.78 is 10.9. The van der Waals surface area contributed by atoms with Crippen molar-refractivity contribution in [2.75, 3.05) is 26.8 Å². The van der Waals surface area contributed by atoms with Gasteiger partial charge in [0.1, 0.15) is 13.2 Å². The smallest absolute Gasteiger partial charge is 0.311 e. The molecule has 6 heteroatoms. The zero-order chi connectivity index (χ0) is 13.8. The Morgan fingerprint density at radius 3 is 2.63 bits per heavy atom. The molecule has 1 heterocycles. The summed E-state index contributed by atoms with van der Waals surface area (Å²) in [5, 5.41) is 0. The summed E-state index contributed by atoms with van der Waals surface area (Å²) in [6.45, 7) is 1.51. The fourth-order valence-electron chi connectivity index (χ4n) is 1.83. The second-order valence-corrected chi connectivity index (χ2v) is 4.32. The number of nitrogens with two attached hydrogens (primary N) is 1. The predicted molar refractivity (Wildman–Crippen MR) is 68.0 cm³/mol. The molecule has 1 aromatic carbocycles. The van der Waals surface area contributed by atoms with Gasteiger partial charge in [0.15, 0.2) is 11.5 Å². The number of primary amides is 1. The van der Waals surface area contributed by atoms with E-state index in [0.29, 0.717) is 31.9 Å². The minimum atomic E-state index is -0.940. The molecule has 6 nitrogen and oxygen atoms in total. The summed E-state index contributed by atoms with van der Waals surface area (Å²) in [7, 11) is 1.55. The van der Waals surface area contributed by atoms with Crippen LogP contribution in [0.4, 0.5) is 0 Å². The van der Waals surface area contributed by atoms with Crippen molar-refractivity contribution in [2.45, 2.75) is 6.42 Å². The van der Waals surface area contributed by atoms with Crippen LogP contribution in [0, 0.1) is 0 Å². The second kappa shape index (κ2) is 5.60. The van der Waals surface area contributed by atoms with Gasteiger partial charge in [-0.25, -0.2) is 0 Å². The molecule has 102 valence electrons. The molecule has 2 N–H and O–H groups in total. The number of amides is 2. The van der Waals surface area contributed by atoms with Gasteiger partial charge >= 0.3 is 11.8 Å². The fraction of sp³-hybridized carbons (Fsp3) is 0.385. The highest BCUT2D eigenvalue weighted by Crippen LogP contribution is 2.30. The quantitative estimate of drug-likeness (QED) is 0.776. The number of hydrogen-bond donors (Lipinski definition) is 1. The van der Waals surface area contributed by atoms with Crippen LogP contribution in [-0.4, -0.2) is 43.5 Å². The number of nitrogens with zero attached hydrogens (tertiary/aromatic N) is 1. The molecular formula is C13H16N2O4. The first-order valence-electron chi connectivity index (χ1n) is 6.01. The largest absolute Gasteiger partial charge is 0.486 e. The Hall–Kier alpha value is -2.24. The summed E-state index contributed by atoms with van der Waals surface area (Å²) in [5.41, 5.74) is 5.94. The van der Waals surface area contributed by atoms with Crippen LogP contribution in [-0.2, 0) is 16.0 Å². The summed E-state index contributed by atoms with van der Waals surface area (Å²) in [5.74, 6) is -0.175. The van der Waals surface area contributed by atoms with Gasteiger partial charge in [-0.15, -0.1) is 0 Å². The lowest BCUT2D eigenvalue weighted by Gasteiger charge is -2.19. The number of fused-ring (bicyclic) bond motifs is 1. The molecule has 0 fully saturated rings. The molecule has 2 amide bonds. The monoisotopic (exact) mass is 264 g/mol. The number of hydrogen-bond acceptors (Lipinski definition) is 4.